The van der Waals surface area contributed by atoms with Gasteiger partial charge in [-0.3, -0.25) is 0 Å². The fraction of sp³-hybridized carbons (Fsp3) is 0.897. The maximum Gasteiger partial charge on any atom is 0.137 e. The Morgan fingerprint density at radius 1 is 1.06 bits per heavy atom. The van der Waals surface area contributed by atoms with Gasteiger partial charge in [-0.25, -0.2) is 0 Å². The highest BCUT2D eigenvalue weighted by molar-refractivity contribution is 5.61. The molecule has 10 unspecified atom stereocenters. The van der Waals surface area contributed by atoms with Gasteiger partial charge in [0.25, 0.3) is 0 Å². The smallest absolute Gasteiger partial charge is 0.137 e. The van der Waals surface area contributed by atoms with Gasteiger partial charge in [0.2, 0.25) is 0 Å². The van der Waals surface area contributed by atoms with Crippen molar-refractivity contribution in [3.8, 4) is 0 Å². The van der Waals surface area contributed by atoms with Crippen molar-refractivity contribution < 1.29 is 15.0 Å². The Kier molecular flexibility index (Phi) is 7.09. The molecule has 10 atom stereocenters. The van der Waals surface area contributed by atoms with Crippen molar-refractivity contribution in [2.24, 2.45) is 58.5 Å². The number of carbonyl (C=O) groups is 1. The Morgan fingerprint density at radius 3 is 2.58 bits per heavy atom. The molecule has 0 heterocycles. The molecule has 0 spiro atoms. The van der Waals surface area contributed by atoms with E-state index in [9.17, 15) is 15.0 Å². The van der Waals surface area contributed by atoms with Crippen LogP contribution in [0.25, 0.3) is 0 Å². The minimum absolute atomic E-state index is 0.0503. The topological polar surface area (TPSA) is 83.6 Å². The highest BCUT2D eigenvalue weighted by atomic mass is 16.3. The van der Waals surface area contributed by atoms with Crippen LogP contribution in [0, 0.1) is 52.8 Å². The number of carbonyl (C=O) groups excluding carboxylic acids is 1. The summed E-state index contributed by atoms with van der Waals surface area (Å²) >= 11 is 0. The van der Waals surface area contributed by atoms with Gasteiger partial charge in [0.05, 0.1) is 12.1 Å². The van der Waals surface area contributed by atoms with E-state index in [0.717, 1.165) is 56.6 Å². The molecule has 0 aromatic rings. The lowest BCUT2D eigenvalue weighted by Gasteiger charge is -2.41. The summed E-state index contributed by atoms with van der Waals surface area (Å²) in [5, 5.41) is 20.0. The van der Waals surface area contributed by atoms with Crippen LogP contribution in [0.4, 0.5) is 0 Å². The van der Waals surface area contributed by atoms with Gasteiger partial charge < -0.3 is 20.7 Å². The normalized spacial score (nSPS) is 45.2. The molecule has 186 valence electrons. The average molecular weight is 458 g/mol. The molecule has 5 fully saturated rings. The van der Waals surface area contributed by atoms with Crippen molar-refractivity contribution >= 4 is 6.29 Å². The number of aliphatic hydroxyl groups excluding tert-OH is 2. The van der Waals surface area contributed by atoms with Crippen LogP contribution in [0.15, 0.2) is 12.2 Å². The van der Waals surface area contributed by atoms with Crippen molar-refractivity contribution in [1.82, 2.24) is 0 Å². The van der Waals surface area contributed by atoms with Crippen molar-refractivity contribution in [3.63, 3.8) is 0 Å². The van der Waals surface area contributed by atoms with Gasteiger partial charge in [-0.2, -0.15) is 0 Å². The minimum atomic E-state index is -0.372. The van der Waals surface area contributed by atoms with Crippen molar-refractivity contribution in [1.29, 1.82) is 0 Å². The third-order valence-electron chi connectivity index (χ3n) is 11.4. The molecule has 5 aliphatic rings. The molecule has 5 rings (SSSR count). The third-order valence-corrected chi connectivity index (χ3v) is 11.4. The zero-order valence-electron chi connectivity index (χ0n) is 20.5. The molecule has 0 aliphatic heterocycles. The summed E-state index contributed by atoms with van der Waals surface area (Å²) in [7, 11) is 0. The minimum Gasteiger partial charge on any atom is -0.396 e. The summed E-state index contributed by atoms with van der Waals surface area (Å²) in [6.45, 7) is 4.71. The standard InChI is InChI=1S/C29H47NO3/c1-18-11-12-25-28(24-16-21(15-23(18)24)19-6-2-3-7-19)29(25,27(30)17-32)22-9-4-8-20(14-22)26(33)10-5-13-31/h17,19-28,31,33H,1-16,30H2. The zero-order chi connectivity index (χ0) is 23.2. The lowest BCUT2D eigenvalue weighted by atomic mass is 9.65. The molecule has 5 saturated carbocycles. The number of nitrogens with two attached hydrogens (primary N) is 1. The lowest BCUT2D eigenvalue weighted by Crippen LogP contribution is -2.44. The molecule has 0 bridgehead atoms. The number of rotatable bonds is 8. The van der Waals surface area contributed by atoms with Crippen LogP contribution in [0.3, 0.4) is 0 Å². The first-order valence-electron chi connectivity index (χ1n) is 14.2. The van der Waals surface area contributed by atoms with Crippen LogP contribution in [0.2, 0.25) is 0 Å². The predicted molar refractivity (Wildman–Crippen MR) is 131 cm³/mol. The third kappa shape index (κ3) is 4.06. The summed E-state index contributed by atoms with van der Waals surface area (Å²) in [4.78, 5) is 12.2. The van der Waals surface area contributed by atoms with E-state index >= 15 is 0 Å². The van der Waals surface area contributed by atoms with Gasteiger partial charge in [0.15, 0.2) is 0 Å². The zero-order valence-corrected chi connectivity index (χ0v) is 20.5. The Hall–Kier alpha value is -0.710. The molecular weight excluding hydrogens is 410 g/mol. The summed E-state index contributed by atoms with van der Waals surface area (Å²) in [5.41, 5.74) is 8.18. The van der Waals surface area contributed by atoms with Crippen LogP contribution < -0.4 is 5.73 Å². The highest BCUT2D eigenvalue weighted by Crippen LogP contribution is 2.76. The van der Waals surface area contributed by atoms with Crippen LogP contribution in [0.5, 0.6) is 0 Å². The van der Waals surface area contributed by atoms with Gasteiger partial charge in [0.1, 0.15) is 6.29 Å². The SMILES string of the molecule is C=C1CCC2C(C3CC(C4CCCC4)CC13)C2(C(N)C=O)C1CCCC(C(O)CCCO)C1. The summed E-state index contributed by atoms with van der Waals surface area (Å²) in [5.74, 6) is 4.95. The molecule has 0 radical (unpaired) electrons. The first kappa shape index (κ1) is 24.0. The van der Waals surface area contributed by atoms with Crippen LogP contribution in [0.1, 0.15) is 89.9 Å². The molecule has 5 aliphatic carbocycles. The maximum absolute atomic E-state index is 12.2. The lowest BCUT2D eigenvalue weighted by molar-refractivity contribution is -0.111. The van der Waals surface area contributed by atoms with Gasteiger partial charge in [-0.1, -0.05) is 44.3 Å². The molecular formula is C29H47NO3. The first-order chi connectivity index (χ1) is 16.0. The second-order valence-electron chi connectivity index (χ2n) is 12.6. The van der Waals surface area contributed by atoms with E-state index in [1.54, 1.807) is 0 Å². The maximum atomic E-state index is 12.2. The van der Waals surface area contributed by atoms with Gasteiger partial charge in [0, 0.05) is 12.0 Å². The summed E-state index contributed by atoms with van der Waals surface area (Å²) in [6, 6.07) is -0.372. The van der Waals surface area contributed by atoms with Crippen LogP contribution in [-0.4, -0.2) is 35.3 Å². The van der Waals surface area contributed by atoms with E-state index in [-0.39, 0.29) is 30.1 Å². The van der Waals surface area contributed by atoms with Crippen molar-refractivity contribution in [3.05, 3.63) is 12.2 Å². The van der Waals surface area contributed by atoms with Gasteiger partial charge in [-0.15, -0.1) is 0 Å². The molecule has 0 aromatic heterocycles. The fourth-order valence-corrected chi connectivity index (χ4v) is 9.95. The van der Waals surface area contributed by atoms with Crippen molar-refractivity contribution in [2.45, 2.75) is 102 Å². The van der Waals surface area contributed by atoms with Crippen molar-refractivity contribution in [2.75, 3.05) is 6.61 Å². The number of aldehydes is 1. The second-order valence-corrected chi connectivity index (χ2v) is 12.6. The Balaban J connectivity index is 1.39. The molecule has 0 amide bonds. The monoisotopic (exact) mass is 457 g/mol. The fourth-order valence-electron chi connectivity index (χ4n) is 9.95. The molecule has 0 saturated heterocycles. The van der Waals surface area contributed by atoms with E-state index < -0.39 is 0 Å². The number of hydrogen-bond donors (Lipinski definition) is 3. The predicted octanol–water partition coefficient (Wildman–Crippen LogP) is 4.87. The number of allylic oxidation sites excluding steroid dienone is 1. The molecule has 0 aromatic carbocycles. The summed E-state index contributed by atoms with van der Waals surface area (Å²) < 4.78 is 0. The number of hydrogen-bond acceptors (Lipinski definition) is 4. The van der Waals surface area contributed by atoms with E-state index in [0.29, 0.717) is 42.4 Å². The Morgan fingerprint density at radius 2 is 1.85 bits per heavy atom. The van der Waals surface area contributed by atoms with Gasteiger partial charge in [-0.05, 0) is 105 Å². The van der Waals surface area contributed by atoms with Crippen LogP contribution >= 0.6 is 0 Å². The quantitative estimate of drug-likeness (QED) is 0.359. The van der Waals surface area contributed by atoms with Crippen LogP contribution in [-0.2, 0) is 4.79 Å². The average Bonchev–Trinajstić information content (AvgIpc) is 3.15. The Labute approximate surface area is 200 Å². The number of fused-ring (bicyclic) bond motifs is 3. The van der Waals surface area contributed by atoms with E-state index in [4.69, 9.17) is 5.73 Å². The largest absolute Gasteiger partial charge is 0.396 e. The molecule has 4 N–H and O–H groups in total. The number of aliphatic hydroxyl groups is 2. The van der Waals surface area contributed by atoms with E-state index in [2.05, 4.69) is 6.58 Å². The Bertz CT molecular complexity index is 718. The highest BCUT2D eigenvalue weighted by Gasteiger charge is 2.73. The van der Waals surface area contributed by atoms with E-state index in [1.165, 1.54) is 44.1 Å². The molecule has 4 heteroatoms. The first-order valence-corrected chi connectivity index (χ1v) is 14.2. The second kappa shape index (κ2) is 9.74. The molecule has 33 heavy (non-hydrogen) atoms. The molecule has 4 nitrogen and oxygen atoms in total. The van der Waals surface area contributed by atoms with Gasteiger partial charge >= 0.3 is 0 Å². The van der Waals surface area contributed by atoms with E-state index in [1.807, 2.05) is 0 Å². The summed E-state index contributed by atoms with van der Waals surface area (Å²) in [6.07, 6.45) is 17.0.